The topological polar surface area (TPSA) is 94.2 Å². The lowest BCUT2D eigenvalue weighted by Gasteiger charge is -2.29. The molecule has 4 rings (SSSR count). The van der Waals surface area contributed by atoms with E-state index in [1.165, 1.54) is 5.56 Å². The van der Waals surface area contributed by atoms with E-state index < -0.39 is 7.12 Å². The van der Waals surface area contributed by atoms with Gasteiger partial charge in [0.1, 0.15) is 23.8 Å². The molecule has 1 fully saturated rings. The zero-order valence-electron chi connectivity index (χ0n) is 19.8. The fourth-order valence-corrected chi connectivity index (χ4v) is 4.26. The van der Waals surface area contributed by atoms with Gasteiger partial charge in [0.2, 0.25) is 5.89 Å². The van der Waals surface area contributed by atoms with Crippen LogP contribution in [0.1, 0.15) is 42.7 Å². The van der Waals surface area contributed by atoms with Gasteiger partial charge in [0.25, 0.3) is 0 Å². The van der Waals surface area contributed by atoms with E-state index >= 15 is 0 Å². The van der Waals surface area contributed by atoms with E-state index in [1.807, 2.05) is 19.1 Å². The Morgan fingerprint density at radius 2 is 1.79 bits per heavy atom. The molecule has 1 aromatic heterocycles. The number of rotatable bonds is 10. The van der Waals surface area contributed by atoms with Gasteiger partial charge in [-0.25, -0.2) is 4.98 Å². The van der Waals surface area contributed by atoms with Gasteiger partial charge in [0, 0.05) is 11.0 Å². The highest BCUT2D eigenvalue weighted by molar-refractivity contribution is 6.59. The molecule has 0 spiro atoms. The zero-order chi connectivity index (χ0) is 23.9. The lowest BCUT2D eigenvalue weighted by Crippen LogP contribution is -2.32. The minimum atomic E-state index is -1.56. The molecule has 2 atom stereocenters. The van der Waals surface area contributed by atoms with Crippen LogP contribution in [0.4, 0.5) is 0 Å². The van der Waals surface area contributed by atoms with Crippen LogP contribution >= 0.6 is 0 Å². The molecule has 0 aliphatic heterocycles. The van der Waals surface area contributed by atoms with Crippen LogP contribution in [0.15, 0.2) is 52.9 Å². The Labute approximate surface area is 200 Å². The van der Waals surface area contributed by atoms with E-state index in [4.69, 9.17) is 18.6 Å². The molecule has 1 heterocycles. The third kappa shape index (κ3) is 6.48. The Balaban J connectivity index is 1.23. The first-order valence-electron chi connectivity index (χ1n) is 11.8. The van der Waals surface area contributed by atoms with Crippen molar-refractivity contribution >= 4 is 12.6 Å². The summed E-state index contributed by atoms with van der Waals surface area (Å²) < 4.78 is 23.8. The van der Waals surface area contributed by atoms with E-state index in [-0.39, 0.29) is 12.2 Å². The Hall–Kier alpha value is -2.65. The average molecular weight is 465 g/mol. The molecule has 3 aromatic rings. The predicted molar refractivity (Wildman–Crippen MR) is 130 cm³/mol. The fourth-order valence-electron chi connectivity index (χ4n) is 4.26. The summed E-state index contributed by atoms with van der Waals surface area (Å²) in [5.41, 5.74) is 3.32. The van der Waals surface area contributed by atoms with Crippen molar-refractivity contribution in [3.63, 3.8) is 0 Å². The molecular weight excluding hydrogens is 433 g/mol. The minimum Gasteiger partial charge on any atom is -0.492 e. The number of oxazole rings is 1. The molecule has 180 valence electrons. The van der Waals surface area contributed by atoms with Gasteiger partial charge in [-0.05, 0) is 57.7 Å². The Morgan fingerprint density at radius 3 is 2.59 bits per heavy atom. The maximum atomic E-state index is 9.43. The Kier molecular flexibility index (Phi) is 8.40. The second-order valence-corrected chi connectivity index (χ2v) is 8.74. The van der Waals surface area contributed by atoms with Crippen molar-refractivity contribution in [3.05, 3.63) is 65.5 Å². The lowest BCUT2D eigenvalue weighted by atomic mass is 9.79. The standard InChI is InChI=1S/C26H32BNO6/c1-18-7-5-8-20(15-18)26-28-24(19(2)34-26)17-33-22-10-6-9-21(16-22)31-13-14-32-25-12-4-3-11-23(25)27(29)30/h3-5,7-8,11-12,15,21-22,29-30H,6,9-10,13-14,16-17H2,1-2H3. The largest absolute Gasteiger partial charge is 0.492 e. The molecule has 1 saturated carbocycles. The van der Waals surface area contributed by atoms with E-state index in [2.05, 4.69) is 24.0 Å². The molecule has 2 N–H and O–H groups in total. The molecule has 0 amide bonds. The van der Waals surface area contributed by atoms with Gasteiger partial charge < -0.3 is 28.7 Å². The van der Waals surface area contributed by atoms with Crippen LogP contribution in [-0.2, 0) is 16.1 Å². The summed E-state index contributed by atoms with van der Waals surface area (Å²) in [4.78, 5) is 4.66. The number of ether oxygens (including phenoxy) is 3. The summed E-state index contributed by atoms with van der Waals surface area (Å²) in [6.07, 6.45) is 4.09. The molecule has 1 aliphatic rings. The minimum absolute atomic E-state index is 0.113. The molecule has 0 radical (unpaired) electrons. The number of aryl methyl sites for hydroxylation is 2. The van der Waals surface area contributed by atoms with Gasteiger partial charge in [0.15, 0.2) is 0 Å². The van der Waals surface area contributed by atoms with Crippen molar-refractivity contribution in [3.8, 4) is 17.2 Å². The maximum Gasteiger partial charge on any atom is 0.492 e. The number of benzene rings is 2. The van der Waals surface area contributed by atoms with Crippen LogP contribution in [-0.4, -0.2) is 47.6 Å². The number of aromatic nitrogens is 1. The molecule has 1 aliphatic carbocycles. The normalized spacial score (nSPS) is 18.1. The first-order valence-corrected chi connectivity index (χ1v) is 11.8. The average Bonchev–Trinajstić information content (AvgIpc) is 3.21. The molecule has 0 bridgehead atoms. The van der Waals surface area contributed by atoms with Crippen LogP contribution < -0.4 is 10.2 Å². The lowest BCUT2D eigenvalue weighted by molar-refractivity contribution is -0.0555. The number of para-hydroxylation sites is 1. The van der Waals surface area contributed by atoms with Crippen LogP contribution in [0.5, 0.6) is 5.75 Å². The SMILES string of the molecule is Cc1cccc(-c2nc(COC3CCCC(OCCOc4ccccc4B(O)O)C3)c(C)o2)c1. The summed E-state index contributed by atoms with van der Waals surface area (Å²) in [5, 5.41) is 18.9. The first-order chi connectivity index (χ1) is 16.5. The maximum absolute atomic E-state index is 9.43. The second kappa shape index (κ2) is 11.7. The third-order valence-electron chi connectivity index (χ3n) is 6.08. The Morgan fingerprint density at radius 1 is 1.00 bits per heavy atom. The van der Waals surface area contributed by atoms with Crippen LogP contribution in [0.2, 0.25) is 0 Å². The number of hydrogen-bond donors (Lipinski definition) is 2. The Bertz CT molecular complexity index is 1070. The predicted octanol–water partition coefficient (Wildman–Crippen LogP) is 3.56. The van der Waals surface area contributed by atoms with Gasteiger partial charge >= 0.3 is 7.12 Å². The van der Waals surface area contributed by atoms with Gasteiger partial charge in [-0.1, -0.05) is 35.9 Å². The quantitative estimate of drug-likeness (QED) is 0.349. The van der Waals surface area contributed by atoms with Crippen molar-refractivity contribution in [2.45, 2.75) is 58.3 Å². The first kappa shape index (κ1) is 24.5. The highest BCUT2D eigenvalue weighted by Gasteiger charge is 2.24. The van der Waals surface area contributed by atoms with Crippen molar-refractivity contribution in [1.82, 2.24) is 4.98 Å². The molecule has 7 nitrogen and oxygen atoms in total. The molecule has 34 heavy (non-hydrogen) atoms. The van der Waals surface area contributed by atoms with E-state index in [1.54, 1.807) is 24.3 Å². The zero-order valence-corrected chi connectivity index (χ0v) is 19.8. The van der Waals surface area contributed by atoms with Crippen LogP contribution in [0, 0.1) is 13.8 Å². The van der Waals surface area contributed by atoms with E-state index in [9.17, 15) is 10.0 Å². The summed E-state index contributed by atoms with van der Waals surface area (Å²) in [7, 11) is -1.56. The number of hydrogen-bond acceptors (Lipinski definition) is 7. The fraction of sp³-hybridized carbons (Fsp3) is 0.423. The van der Waals surface area contributed by atoms with Gasteiger partial charge in [0.05, 0.1) is 25.4 Å². The van der Waals surface area contributed by atoms with E-state index in [0.717, 1.165) is 42.7 Å². The van der Waals surface area contributed by atoms with E-state index in [0.29, 0.717) is 36.9 Å². The van der Waals surface area contributed by atoms with Gasteiger partial charge in [-0.3, -0.25) is 0 Å². The van der Waals surface area contributed by atoms with Crippen LogP contribution in [0.3, 0.4) is 0 Å². The summed E-state index contributed by atoms with van der Waals surface area (Å²) >= 11 is 0. The summed E-state index contributed by atoms with van der Waals surface area (Å²) in [6.45, 7) is 5.16. The second-order valence-electron chi connectivity index (χ2n) is 8.74. The van der Waals surface area contributed by atoms with Crippen molar-refractivity contribution in [2.24, 2.45) is 0 Å². The molecular formula is C26H32BNO6. The highest BCUT2D eigenvalue weighted by atomic mass is 16.5. The monoisotopic (exact) mass is 465 g/mol. The number of nitrogens with zero attached hydrogens (tertiary/aromatic N) is 1. The summed E-state index contributed by atoms with van der Waals surface area (Å²) in [6, 6.07) is 15.0. The highest BCUT2D eigenvalue weighted by Crippen LogP contribution is 2.27. The molecule has 0 saturated heterocycles. The third-order valence-corrected chi connectivity index (χ3v) is 6.08. The van der Waals surface area contributed by atoms with Gasteiger partial charge in [-0.15, -0.1) is 0 Å². The van der Waals surface area contributed by atoms with Crippen molar-refractivity contribution in [2.75, 3.05) is 13.2 Å². The van der Waals surface area contributed by atoms with Crippen LogP contribution in [0.25, 0.3) is 11.5 Å². The smallest absolute Gasteiger partial charge is 0.492 e. The van der Waals surface area contributed by atoms with Gasteiger partial charge in [-0.2, -0.15) is 0 Å². The summed E-state index contributed by atoms with van der Waals surface area (Å²) in [5.74, 6) is 1.87. The molecule has 2 aromatic carbocycles. The molecule has 2 unspecified atom stereocenters. The van der Waals surface area contributed by atoms with Crippen molar-refractivity contribution < 1.29 is 28.7 Å². The van der Waals surface area contributed by atoms with Crippen molar-refractivity contribution in [1.29, 1.82) is 0 Å². The molecule has 8 heteroatoms.